The second kappa shape index (κ2) is 7.59. The molecule has 0 spiro atoms. The number of anilines is 1. The fourth-order valence-corrected chi connectivity index (χ4v) is 3.08. The van der Waals surface area contributed by atoms with Gasteiger partial charge in [-0.15, -0.1) is 0 Å². The summed E-state index contributed by atoms with van der Waals surface area (Å²) in [6, 6.07) is 7.22. The third kappa shape index (κ3) is 3.91. The topological polar surface area (TPSA) is 60.9 Å². The average molecular weight is 318 g/mol. The minimum atomic E-state index is -0.412. The van der Waals surface area contributed by atoms with Crippen LogP contribution in [-0.2, 0) is 4.79 Å². The Bertz CT molecular complexity index is 571. The van der Waals surface area contributed by atoms with E-state index in [0.717, 1.165) is 12.8 Å². The first-order valence-corrected chi connectivity index (χ1v) is 8.28. The predicted molar refractivity (Wildman–Crippen MR) is 90.5 cm³/mol. The number of nitrogens with zero attached hydrogens (tertiary/aromatic N) is 2. The molecular weight excluding hydrogens is 292 g/mol. The number of aliphatic hydroxyl groups excluding tert-OH is 1. The molecule has 0 aromatic heterocycles. The summed E-state index contributed by atoms with van der Waals surface area (Å²) in [7, 11) is 1.70. The lowest BCUT2D eigenvalue weighted by molar-refractivity contribution is -0.118. The average Bonchev–Trinajstić information content (AvgIpc) is 2.59. The van der Waals surface area contributed by atoms with Crippen molar-refractivity contribution in [2.24, 2.45) is 5.92 Å². The van der Waals surface area contributed by atoms with Crippen LogP contribution in [0, 0.1) is 5.92 Å². The van der Waals surface area contributed by atoms with Gasteiger partial charge in [-0.3, -0.25) is 9.59 Å². The van der Waals surface area contributed by atoms with E-state index < -0.39 is 6.10 Å². The van der Waals surface area contributed by atoms with E-state index in [2.05, 4.69) is 0 Å². The highest BCUT2D eigenvalue weighted by Crippen LogP contribution is 2.25. The highest BCUT2D eigenvalue weighted by molar-refractivity contribution is 6.04. The molecule has 1 heterocycles. The molecule has 2 amide bonds. The van der Waals surface area contributed by atoms with Crippen LogP contribution in [0.4, 0.5) is 5.69 Å². The molecule has 1 aromatic carbocycles. The molecule has 1 N–H and O–H groups in total. The van der Waals surface area contributed by atoms with Crippen molar-refractivity contribution in [3.63, 3.8) is 0 Å². The van der Waals surface area contributed by atoms with Crippen LogP contribution in [-0.4, -0.2) is 48.1 Å². The van der Waals surface area contributed by atoms with E-state index >= 15 is 0 Å². The van der Waals surface area contributed by atoms with Crippen molar-refractivity contribution in [2.75, 3.05) is 25.0 Å². The number of likely N-dealkylation sites (tertiary alicyclic amines) is 1. The number of carbonyl (C=O) groups excluding carboxylic acids is 2. The lowest BCUT2D eigenvalue weighted by atomic mass is 9.93. The molecule has 5 heteroatoms. The number of carbonyl (C=O) groups is 2. The summed E-state index contributed by atoms with van der Waals surface area (Å²) in [5, 5.41) is 9.80. The smallest absolute Gasteiger partial charge is 0.255 e. The molecule has 1 fully saturated rings. The maximum atomic E-state index is 12.9. The molecular formula is C18H26N2O3. The van der Waals surface area contributed by atoms with Crippen LogP contribution in [0.3, 0.4) is 0 Å². The second-order valence-corrected chi connectivity index (χ2v) is 6.22. The van der Waals surface area contributed by atoms with Crippen LogP contribution < -0.4 is 4.90 Å². The van der Waals surface area contributed by atoms with Gasteiger partial charge in [0.15, 0.2) is 0 Å². The molecule has 2 rings (SSSR count). The second-order valence-electron chi connectivity index (χ2n) is 6.22. The predicted octanol–water partition coefficient (Wildman–Crippen LogP) is 2.29. The highest BCUT2D eigenvalue weighted by atomic mass is 16.3. The number of rotatable bonds is 4. The van der Waals surface area contributed by atoms with Crippen molar-refractivity contribution in [2.45, 2.75) is 39.2 Å². The maximum Gasteiger partial charge on any atom is 0.255 e. The van der Waals surface area contributed by atoms with Crippen LogP contribution in [0.5, 0.6) is 0 Å². The summed E-state index contributed by atoms with van der Waals surface area (Å²) < 4.78 is 0. The van der Waals surface area contributed by atoms with Gasteiger partial charge in [-0.2, -0.15) is 0 Å². The van der Waals surface area contributed by atoms with Gasteiger partial charge in [-0.1, -0.05) is 19.1 Å². The Kier molecular flexibility index (Phi) is 5.77. The molecule has 2 unspecified atom stereocenters. The molecule has 0 aliphatic carbocycles. The molecule has 23 heavy (non-hydrogen) atoms. The summed E-state index contributed by atoms with van der Waals surface area (Å²) in [6.07, 6.45) is 1.82. The minimum Gasteiger partial charge on any atom is -0.393 e. The molecule has 2 atom stereocenters. The Labute approximate surface area is 137 Å². The van der Waals surface area contributed by atoms with Crippen molar-refractivity contribution in [3.8, 4) is 0 Å². The zero-order valence-corrected chi connectivity index (χ0v) is 14.2. The number of aliphatic hydroxyl groups is 1. The summed E-state index contributed by atoms with van der Waals surface area (Å²) >= 11 is 0. The lowest BCUT2D eigenvalue weighted by Gasteiger charge is -2.35. The standard InChI is InChI=1S/C18H26N2O3/c1-4-17(22)19(3)16-10-6-5-9-15(16)18(23)20-11-7-8-14(12-20)13(2)21/h5-6,9-10,13-14,21H,4,7-8,11-12H2,1-3H3. The minimum absolute atomic E-state index is 0.0225. The van der Waals surface area contributed by atoms with Crippen LogP contribution in [0.15, 0.2) is 24.3 Å². The first kappa shape index (κ1) is 17.5. The van der Waals surface area contributed by atoms with Crippen molar-refractivity contribution in [1.82, 2.24) is 4.90 Å². The third-order valence-electron chi connectivity index (χ3n) is 4.60. The number of hydrogen-bond donors (Lipinski definition) is 1. The number of para-hydroxylation sites is 1. The van der Waals surface area contributed by atoms with Gasteiger partial charge in [0.25, 0.3) is 5.91 Å². The Hall–Kier alpha value is -1.88. The van der Waals surface area contributed by atoms with Gasteiger partial charge in [0, 0.05) is 32.5 Å². The Morgan fingerprint density at radius 2 is 2.09 bits per heavy atom. The number of piperidine rings is 1. The number of amides is 2. The van der Waals surface area contributed by atoms with Crippen molar-refractivity contribution in [3.05, 3.63) is 29.8 Å². The van der Waals surface area contributed by atoms with E-state index in [0.29, 0.717) is 30.8 Å². The SMILES string of the molecule is CCC(=O)N(C)c1ccccc1C(=O)N1CCCC(C(C)O)C1. The molecule has 126 valence electrons. The Morgan fingerprint density at radius 1 is 1.39 bits per heavy atom. The summed E-state index contributed by atoms with van der Waals surface area (Å²) in [5.41, 5.74) is 1.19. The van der Waals surface area contributed by atoms with Gasteiger partial charge in [0.1, 0.15) is 0 Å². The van der Waals surface area contributed by atoms with Crippen molar-refractivity contribution in [1.29, 1.82) is 0 Å². The molecule has 1 aliphatic heterocycles. The quantitative estimate of drug-likeness (QED) is 0.926. The van der Waals surface area contributed by atoms with E-state index in [4.69, 9.17) is 0 Å². The van der Waals surface area contributed by atoms with Crippen LogP contribution in [0.25, 0.3) is 0 Å². The first-order valence-electron chi connectivity index (χ1n) is 8.28. The first-order chi connectivity index (χ1) is 11.0. The summed E-state index contributed by atoms with van der Waals surface area (Å²) in [4.78, 5) is 28.2. The van der Waals surface area contributed by atoms with Crippen LogP contribution in [0.2, 0.25) is 0 Å². The van der Waals surface area contributed by atoms with Gasteiger partial charge >= 0.3 is 0 Å². The van der Waals surface area contributed by atoms with E-state index in [1.165, 1.54) is 0 Å². The largest absolute Gasteiger partial charge is 0.393 e. The molecule has 1 saturated heterocycles. The molecule has 1 aliphatic rings. The lowest BCUT2D eigenvalue weighted by Crippen LogP contribution is -2.43. The molecule has 0 radical (unpaired) electrons. The van der Waals surface area contributed by atoms with E-state index in [1.807, 2.05) is 12.1 Å². The fourth-order valence-electron chi connectivity index (χ4n) is 3.08. The van der Waals surface area contributed by atoms with E-state index in [-0.39, 0.29) is 17.7 Å². The van der Waals surface area contributed by atoms with Gasteiger partial charge in [0.2, 0.25) is 5.91 Å². The Balaban J connectivity index is 2.24. The zero-order chi connectivity index (χ0) is 17.0. The van der Waals surface area contributed by atoms with Gasteiger partial charge in [-0.25, -0.2) is 0 Å². The Morgan fingerprint density at radius 3 is 2.74 bits per heavy atom. The van der Waals surface area contributed by atoms with Gasteiger partial charge in [-0.05, 0) is 31.9 Å². The summed E-state index contributed by atoms with van der Waals surface area (Å²) in [5.74, 6) is 0.0299. The number of benzene rings is 1. The van der Waals surface area contributed by atoms with E-state index in [9.17, 15) is 14.7 Å². The molecule has 5 nitrogen and oxygen atoms in total. The summed E-state index contributed by atoms with van der Waals surface area (Å²) in [6.45, 7) is 4.85. The molecule has 0 saturated carbocycles. The molecule has 1 aromatic rings. The van der Waals surface area contributed by atoms with Crippen LogP contribution in [0.1, 0.15) is 43.5 Å². The number of hydrogen-bond acceptors (Lipinski definition) is 3. The van der Waals surface area contributed by atoms with Crippen molar-refractivity contribution < 1.29 is 14.7 Å². The van der Waals surface area contributed by atoms with Gasteiger partial charge < -0.3 is 14.9 Å². The zero-order valence-electron chi connectivity index (χ0n) is 14.2. The normalized spacial score (nSPS) is 19.3. The molecule has 0 bridgehead atoms. The van der Waals surface area contributed by atoms with Gasteiger partial charge in [0.05, 0.1) is 17.4 Å². The van der Waals surface area contributed by atoms with Crippen molar-refractivity contribution >= 4 is 17.5 Å². The monoisotopic (exact) mass is 318 g/mol. The van der Waals surface area contributed by atoms with E-state index in [1.54, 1.807) is 42.8 Å². The third-order valence-corrected chi connectivity index (χ3v) is 4.60. The highest BCUT2D eigenvalue weighted by Gasteiger charge is 2.28. The fraction of sp³-hybridized carbons (Fsp3) is 0.556. The van der Waals surface area contributed by atoms with Crippen LogP contribution >= 0.6 is 0 Å². The maximum absolute atomic E-state index is 12.9.